The average Bonchev–Trinajstić information content (AvgIpc) is 3.09. The van der Waals surface area contributed by atoms with Crippen LogP contribution < -0.4 is 5.32 Å². The van der Waals surface area contributed by atoms with Gasteiger partial charge in [-0.25, -0.2) is 17.9 Å². The quantitative estimate of drug-likeness (QED) is 0.697. The lowest BCUT2D eigenvalue weighted by molar-refractivity contribution is -0.123. The van der Waals surface area contributed by atoms with Crippen molar-refractivity contribution in [2.24, 2.45) is 0 Å². The molecule has 152 valence electrons. The van der Waals surface area contributed by atoms with E-state index in [1.807, 2.05) is 13.8 Å². The maximum atomic E-state index is 12.5. The zero-order valence-electron chi connectivity index (χ0n) is 15.3. The Bertz CT molecular complexity index is 955. The van der Waals surface area contributed by atoms with Crippen molar-refractivity contribution < 1.29 is 31.5 Å². The van der Waals surface area contributed by atoms with Crippen molar-refractivity contribution in [3.05, 3.63) is 42.1 Å². The van der Waals surface area contributed by atoms with Gasteiger partial charge in [0.25, 0.3) is 5.91 Å². The predicted molar refractivity (Wildman–Crippen MR) is 95.8 cm³/mol. The summed E-state index contributed by atoms with van der Waals surface area (Å²) in [6.07, 6.45) is 0.355. The van der Waals surface area contributed by atoms with Crippen LogP contribution in [0.1, 0.15) is 37.2 Å². The highest BCUT2D eigenvalue weighted by Crippen LogP contribution is 2.19. The van der Waals surface area contributed by atoms with Crippen LogP contribution in [-0.4, -0.2) is 41.9 Å². The molecular weight excluding hydrogens is 396 g/mol. The lowest BCUT2D eigenvalue weighted by Crippen LogP contribution is -2.31. The fourth-order valence-corrected chi connectivity index (χ4v) is 2.94. The van der Waals surface area contributed by atoms with E-state index in [9.17, 15) is 26.8 Å². The number of anilines is 1. The van der Waals surface area contributed by atoms with E-state index in [2.05, 4.69) is 10.4 Å². The fourth-order valence-electron chi connectivity index (χ4n) is 2.22. The molecule has 0 aliphatic rings. The number of halogens is 2. The number of ether oxygens (including phenoxy) is 1. The largest absolute Gasteiger partial charge is 0.449 e. The number of aromatic nitrogens is 2. The Morgan fingerprint density at radius 2 is 1.71 bits per heavy atom. The average molecular weight is 415 g/mol. The van der Waals surface area contributed by atoms with E-state index in [0.29, 0.717) is 5.82 Å². The number of esters is 1. The molecular formula is C17H19F2N3O5S. The lowest BCUT2D eigenvalue weighted by Gasteiger charge is -2.15. The predicted octanol–water partition coefficient (Wildman–Crippen LogP) is 2.64. The van der Waals surface area contributed by atoms with E-state index in [1.54, 1.807) is 10.7 Å². The highest BCUT2D eigenvalue weighted by Gasteiger charge is 2.27. The molecule has 0 saturated heterocycles. The van der Waals surface area contributed by atoms with Gasteiger partial charge in [-0.15, -0.1) is 0 Å². The van der Waals surface area contributed by atoms with Gasteiger partial charge in [0.2, 0.25) is 9.84 Å². The van der Waals surface area contributed by atoms with Crippen LogP contribution in [0.2, 0.25) is 0 Å². The first-order chi connectivity index (χ1) is 13.0. The topological polar surface area (TPSA) is 107 Å². The van der Waals surface area contributed by atoms with Gasteiger partial charge < -0.3 is 10.1 Å². The Morgan fingerprint density at radius 3 is 2.25 bits per heavy atom. The summed E-state index contributed by atoms with van der Waals surface area (Å²) in [5.74, 6) is -4.62. The summed E-state index contributed by atoms with van der Waals surface area (Å²) in [5.41, 5.74) is -0.0833. The molecule has 1 aromatic carbocycles. The zero-order chi connectivity index (χ0) is 21.1. The van der Waals surface area contributed by atoms with Crippen molar-refractivity contribution in [3.63, 3.8) is 0 Å². The van der Waals surface area contributed by atoms with Gasteiger partial charge >= 0.3 is 11.7 Å². The number of benzene rings is 1. The minimum Gasteiger partial charge on any atom is -0.449 e. The third-order valence-corrected chi connectivity index (χ3v) is 5.12. The molecule has 28 heavy (non-hydrogen) atoms. The Kier molecular flexibility index (Phi) is 6.49. The molecule has 0 spiro atoms. The molecule has 0 bridgehead atoms. The third-order valence-electron chi connectivity index (χ3n) is 3.72. The van der Waals surface area contributed by atoms with Crippen molar-refractivity contribution in [2.75, 3.05) is 5.32 Å². The molecule has 11 heteroatoms. The van der Waals surface area contributed by atoms with Crippen molar-refractivity contribution in [3.8, 4) is 0 Å². The summed E-state index contributed by atoms with van der Waals surface area (Å²) < 4.78 is 54.4. The molecule has 1 N–H and O–H groups in total. The number of carbonyl (C=O) groups excluding carboxylic acids is 2. The maximum absolute atomic E-state index is 12.5. The second-order valence-corrected chi connectivity index (χ2v) is 8.04. The van der Waals surface area contributed by atoms with Crippen molar-refractivity contribution in [1.29, 1.82) is 0 Å². The minimum atomic E-state index is -4.75. The number of carbonyl (C=O) groups is 2. The maximum Gasteiger partial charge on any atom is 0.341 e. The van der Waals surface area contributed by atoms with Gasteiger partial charge in [-0.3, -0.25) is 4.79 Å². The Labute approximate surface area is 160 Å². The molecule has 0 saturated carbocycles. The van der Waals surface area contributed by atoms with Gasteiger partial charge in [0.15, 0.2) is 6.10 Å². The molecule has 1 atom stereocenters. The SMILES string of the molecule is CC(C)n1nccc1NC(=O)[C@H](C)OC(=O)c1ccc(S(=O)(=O)C(F)F)cc1. The summed E-state index contributed by atoms with van der Waals surface area (Å²) >= 11 is 0. The van der Waals surface area contributed by atoms with Crippen LogP contribution in [0.25, 0.3) is 0 Å². The number of nitrogens with zero attached hydrogens (tertiary/aromatic N) is 2. The number of amides is 1. The summed E-state index contributed by atoms with van der Waals surface area (Å²) in [6.45, 7) is 5.12. The highest BCUT2D eigenvalue weighted by atomic mass is 32.2. The minimum absolute atomic E-state index is 0.00573. The number of rotatable bonds is 7. The van der Waals surface area contributed by atoms with Crippen molar-refractivity contribution in [2.45, 2.75) is 43.6 Å². The summed E-state index contributed by atoms with van der Waals surface area (Å²) in [5, 5.41) is 6.66. The third kappa shape index (κ3) is 4.71. The standard InChI is InChI=1S/C17H19F2N3O5S/c1-10(2)22-14(8-9-20-22)21-15(23)11(3)27-16(24)12-4-6-13(7-5-12)28(25,26)17(18)19/h4-11,17H,1-3H3,(H,21,23)/t11-/m0/s1. The molecule has 0 fully saturated rings. The van der Waals surface area contributed by atoms with Crippen LogP contribution in [0, 0.1) is 0 Å². The molecule has 1 heterocycles. The molecule has 0 unspecified atom stereocenters. The van der Waals surface area contributed by atoms with Crippen molar-refractivity contribution >= 4 is 27.5 Å². The molecule has 0 radical (unpaired) electrons. The number of sulfone groups is 1. The number of nitrogens with one attached hydrogen (secondary N) is 1. The molecule has 0 aliphatic heterocycles. The second kappa shape index (κ2) is 8.46. The molecule has 2 rings (SSSR count). The van der Waals surface area contributed by atoms with E-state index in [4.69, 9.17) is 4.74 Å². The van der Waals surface area contributed by atoms with Gasteiger partial charge in [0.05, 0.1) is 16.7 Å². The molecule has 1 aromatic heterocycles. The van der Waals surface area contributed by atoms with Crippen molar-refractivity contribution in [1.82, 2.24) is 9.78 Å². The molecule has 2 aromatic rings. The molecule has 8 nitrogen and oxygen atoms in total. The van der Waals surface area contributed by atoms with Gasteiger partial charge in [-0.05, 0) is 45.0 Å². The van der Waals surface area contributed by atoms with E-state index in [0.717, 1.165) is 24.3 Å². The first-order valence-corrected chi connectivity index (χ1v) is 9.76. The Morgan fingerprint density at radius 1 is 1.11 bits per heavy atom. The molecule has 1 amide bonds. The monoisotopic (exact) mass is 415 g/mol. The van der Waals surface area contributed by atoms with Crippen LogP contribution in [0.3, 0.4) is 0 Å². The number of hydrogen-bond acceptors (Lipinski definition) is 6. The van der Waals surface area contributed by atoms with Crippen LogP contribution in [0.15, 0.2) is 41.4 Å². The van der Waals surface area contributed by atoms with E-state index >= 15 is 0 Å². The van der Waals surface area contributed by atoms with Gasteiger partial charge in [-0.1, -0.05) is 0 Å². The van der Waals surface area contributed by atoms with Crippen LogP contribution in [-0.2, 0) is 19.4 Å². The summed E-state index contributed by atoms with van der Waals surface area (Å²) in [7, 11) is -4.75. The van der Waals surface area contributed by atoms with Crippen LogP contribution in [0.5, 0.6) is 0 Å². The first kappa shape index (κ1) is 21.5. The normalized spacial score (nSPS) is 12.8. The van der Waals surface area contributed by atoms with Crippen LogP contribution in [0.4, 0.5) is 14.6 Å². The highest BCUT2D eigenvalue weighted by molar-refractivity contribution is 7.91. The lowest BCUT2D eigenvalue weighted by atomic mass is 10.2. The van der Waals surface area contributed by atoms with E-state index in [1.165, 1.54) is 13.1 Å². The first-order valence-electron chi connectivity index (χ1n) is 8.21. The Hall–Kier alpha value is -2.82. The zero-order valence-corrected chi connectivity index (χ0v) is 16.1. The van der Waals surface area contributed by atoms with E-state index in [-0.39, 0.29) is 11.6 Å². The smallest absolute Gasteiger partial charge is 0.341 e. The fraction of sp³-hybridized carbons (Fsp3) is 0.353. The van der Waals surface area contributed by atoms with Gasteiger partial charge in [0, 0.05) is 12.1 Å². The molecule has 0 aliphatic carbocycles. The number of alkyl halides is 2. The van der Waals surface area contributed by atoms with E-state index < -0.39 is 38.5 Å². The second-order valence-electron chi connectivity index (χ2n) is 6.12. The Balaban J connectivity index is 2.03. The van der Waals surface area contributed by atoms with Gasteiger partial charge in [0.1, 0.15) is 5.82 Å². The van der Waals surface area contributed by atoms with Gasteiger partial charge in [-0.2, -0.15) is 13.9 Å². The number of hydrogen-bond donors (Lipinski definition) is 1. The summed E-state index contributed by atoms with van der Waals surface area (Å²) in [4.78, 5) is 23.7. The summed E-state index contributed by atoms with van der Waals surface area (Å²) in [6, 6.07) is 5.43. The van der Waals surface area contributed by atoms with Crippen LogP contribution >= 0.6 is 0 Å².